The molecule has 0 saturated heterocycles. The van der Waals surface area contributed by atoms with Crippen molar-refractivity contribution in [2.24, 2.45) is 7.05 Å². The van der Waals surface area contributed by atoms with Gasteiger partial charge in [-0.3, -0.25) is 9.59 Å². The first-order chi connectivity index (χ1) is 16.8. The maximum atomic E-state index is 12.6. The van der Waals surface area contributed by atoms with Gasteiger partial charge in [0, 0.05) is 25.9 Å². The number of carbonyl (C=O) groups excluding carboxylic acids is 2. The van der Waals surface area contributed by atoms with Crippen molar-refractivity contribution in [3.8, 4) is 11.1 Å². The molecule has 35 heavy (non-hydrogen) atoms. The highest BCUT2D eigenvalue weighted by atomic mass is 79.9. The number of nitrogens with one attached hydrogen (secondary N) is 2. The molecular weight excluding hydrogens is 516 g/mol. The van der Waals surface area contributed by atoms with Crippen LogP contribution in [0, 0.1) is 0 Å². The number of carboxylic acids is 1. The number of aromatic nitrogens is 2. The van der Waals surface area contributed by atoms with E-state index < -0.39 is 30.4 Å². The predicted octanol–water partition coefficient (Wildman–Crippen LogP) is 3.22. The van der Waals surface area contributed by atoms with Crippen LogP contribution >= 0.6 is 15.9 Å². The number of nitrogens with zero attached hydrogens (tertiary/aromatic N) is 2. The van der Waals surface area contributed by atoms with Crippen molar-refractivity contribution in [1.29, 1.82) is 0 Å². The standard InChI is InChI=1S/C25H25BrN4O5/c1-30-14-28-20(23(30)26)10-11-27-24(33)21(12-22(31)32)29-25(34)35-13-19-17-8-4-2-6-15(17)16-7-3-5-9-18(16)19/h2-9,14,19,21H,10-13H2,1H3,(H,27,33)(H,29,34)(H,31,32). The topological polar surface area (TPSA) is 123 Å². The number of imidazole rings is 1. The summed E-state index contributed by atoms with van der Waals surface area (Å²) < 4.78 is 8.04. The molecule has 1 heterocycles. The number of carboxylic acid groups (broad SMARTS) is 1. The molecule has 1 aliphatic rings. The van der Waals surface area contributed by atoms with Gasteiger partial charge in [-0.15, -0.1) is 0 Å². The summed E-state index contributed by atoms with van der Waals surface area (Å²) in [6.45, 7) is 0.298. The number of ether oxygens (including phenoxy) is 1. The lowest BCUT2D eigenvalue weighted by Gasteiger charge is -2.18. The summed E-state index contributed by atoms with van der Waals surface area (Å²) in [6.07, 6.45) is 0.676. The first kappa shape index (κ1) is 24.5. The van der Waals surface area contributed by atoms with Gasteiger partial charge in [-0.05, 0) is 38.2 Å². The van der Waals surface area contributed by atoms with Crippen LogP contribution in [0.5, 0.6) is 0 Å². The number of benzene rings is 2. The molecule has 0 aliphatic heterocycles. The number of rotatable bonds is 9. The number of carbonyl (C=O) groups is 3. The molecule has 4 rings (SSSR count). The molecule has 3 aromatic rings. The lowest BCUT2D eigenvalue weighted by atomic mass is 9.98. The molecule has 1 aromatic heterocycles. The van der Waals surface area contributed by atoms with Gasteiger partial charge >= 0.3 is 12.1 Å². The SMILES string of the molecule is Cn1cnc(CCNC(=O)C(CC(=O)O)NC(=O)OCC2c3ccccc3-c3ccccc32)c1Br. The quantitative estimate of drug-likeness (QED) is 0.383. The van der Waals surface area contributed by atoms with Crippen molar-refractivity contribution in [1.82, 2.24) is 20.2 Å². The molecule has 0 fully saturated rings. The predicted molar refractivity (Wildman–Crippen MR) is 132 cm³/mol. The maximum absolute atomic E-state index is 12.6. The second-order valence-electron chi connectivity index (χ2n) is 8.25. The summed E-state index contributed by atoms with van der Waals surface area (Å²) in [5.74, 6) is -1.96. The Labute approximate surface area is 210 Å². The van der Waals surface area contributed by atoms with E-state index in [1.807, 2.05) is 55.6 Å². The van der Waals surface area contributed by atoms with Crippen LogP contribution in [-0.4, -0.2) is 51.8 Å². The molecule has 182 valence electrons. The van der Waals surface area contributed by atoms with Crippen LogP contribution in [0.4, 0.5) is 4.79 Å². The van der Waals surface area contributed by atoms with Crippen LogP contribution in [0.2, 0.25) is 0 Å². The van der Waals surface area contributed by atoms with Crippen molar-refractivity contribution >= 4 is 33.9 Å². The van der Waals surface area contributed by atoms with E-state index in [4.69, 9.17) is 4.74 Å². The van der Waals surface area contributed by atoms with Gasteiger partial charge < -0.3 is 25.0 Å². The molecule has 0 saturated carbocycles. The number of aryl methyl sites for hydroxylation is 1. The molecule has 2 amide bonds. The van der Waals surface area contributed by atoms with Crippen LogP contribution in [0.1, 0.15) is 29.2 Å². The van der Waals surface area contributed by atoms with Gasteiger partial charge in [0.1, 0.15) is 17.3 Å². The molecule has 1 unspecified atom stereocenters. The minimum absolute atomic E-state index is 0.0645. The zero-order valence-corrected chi connectivity index (χ0v) is 20.6. The second-order valence-corrected chi connectivity index (χ2v) is 9.01. The Morgan fingerprint density at radius 3 is 2.31 bits per heavy atom. The summed E-state index contributed by atoms with van der Waals surface area (Å²) >= 11 is 3.41. The molecule has 1 atom stereocenters. The van der Waals surface area contributed by atoms with Crippen molar-refractivity contribution in [2.75, 3.05) is 13.2 Å². The zero-order valence-electron chi connectivity index (χ0n) is 19.0. The minimum atomic E-state index is -1.27. The van der Waals surface area contributed by atoms with Crippen LogP contribution < -0.4 is 10.6 Å². The van der Waals surface area contributed by atoms with E-state index in [-0.39, 0.29) is 19.1 Å². The van der Waals surface area contributed by atoms with Crippen molar-refractivity contribution in [3.63, 3.8) is 0 Å². The third-order valence-electron chi connectivity index (χ3n) is 5.93. The fraction of sp³-hybridized carbons (Fsp3) is 0.280. The second kappa shape index (κ2) is 10.7. The van der Waals surface area contributed by atoms with Gasteiger partial charge in [-0.25, -0.2) is 9.78 Å². The Morgan fingerprint density at radius 1 is 1.11 bits per heavy atom. The molecule has 0 bridgehead atoms. The van der Waals surface area contributed by atoms with Gasteiger partial charge in [-0.2, -0.15) is 0 Å². The normalized spacial score (nSPS) is 13.0. The fourth-order valence-corrected chi connectivity index (χ4v) is 4.62. The molecule has 2 aromatic carbocycles. The fourth-order valence-electron chi connectivity index (χ4n) is 4.23. The summed E-state index contributed by atoms with van der Waals surface area (Å²) in [5.41, 5.74) is 5.07. The van der Waals surface area contributed by atoms with E-state index in [1.54, 1.807) is 10.9 Å². The monoisotopic (exact) mass is 540 g/mol. The zero-order chi connectivity index (χ0) is 24.9. The van der Waals surface area contributed by atoms with Crippen LogP contribution in [0.25, 0.3) is 11.1 Å². The molecule has 0 radical (unpaired) electrons. The van der Waals surface area contributed by atoms with Crippen LogP contribution in [-0.2, 0) is 27.8 Å². The average Bonchev–Trinajstić information content (AvgIpc) is 3.34. The van der Waals surface area contributed by atoms with E-state index >= 15 is 0 Å². The third-order valence-corrected chi connectivity index (χ3v) is 6.94. The van der Waals surface area contributed by atoms with Crippen LogP contribution in [0.15, 0.2) is 59.5 Å². The molecule has 10 heteroatoms. The number of amides is 2. The average molecular weight is 541 g/mol. The summed E-state index contributed by atoms with van der Waals surface area (Å²) in [4.78, 5) is 40.7. The summed E-state index contributed by atoms with van der Waals surface area (Å²) in [6, 6.07) is 14.6. The van der Waals surface area contributed by atoms with Gasteiger partial charge in [0.15, 0.2) is 0 Å². The van der Waals surface area contributed by atoms with Crippen molar-refractivity contribution < 1.29 is 24.2 Å². The number of hydrogen-bond acceptors (Lipinski definition) is 5. The number of hydrogen-bond donors (Lipinski definition) is 3. The van der Waals surface area contributed by atoms with Gasteiger partial charge in [0.25, 0.3) is 0 Å². The first-order valence-electron chi connectivity index (χ1n) is 11.1. The van der Waals surface area contributed by atoms with Crippen molar-refractivity contribution in [2.45, 2.75) is 24.8 Å². The molecule has 9 nitrogen and oxygen atoms in total. The Morgan fingerprint density at radius 2 is 1.74 bits per heavy atom. The van der Waals surface area contributed by atoms with Crippen molar-refractivity contribution in [3.05, 3.63) is 76.3 Å². The lowest BCUT2D eigenvalue weighted by molar-refractivity contribution is -0.139. The van der Waals surface area contributed by atoms with E-state index in [1.165, 1.54) is 0 Å². The smallest absolute Gasteiger partial charge is 0.407 e. The van der Waals surface area contributed by atoms with Gasteiger partial charge in [0.2, 0.25) is 5.91 Å². The molecule has 0 spiro atoms. The highest BCUT2D eigenvalue weighted by Gasteiger charge is 2.30. The minimum Gasteiger partial charge on any atom is -0.481 e. The Balaban J connectivity index is 1.35. The highest BCUT2D eigenvalue weighted by molar-refractivity contribution is 9.10. The van der Waals surface area contributed by atoms with E-state index in [9.17, 15) is 19.5 Å². The largest absolute Gasteiger partial charge is 0.481 e. The highest BCUT2D eigenvalue weighted by Crippen LogP contribution is 2.44. The molecule has 3 N–H and O–H groups in total. The number of halogens is 1. The number of aliphatic carboxylic acids is 1. The lowest BCUT2D eigenvalue weighted by Crippen LogP contribution is -2.48. The Bertz CT molecular complexity index is 1210. The van der Waals surface area contributed by atoms with E-state index in [0.29, 0.717) is 6.42 Å². The Kier molecular flexibility index (Phi) is 7.50. The maximum Gasteiger partial charge on any atom is 0.407 e. The Hall–Kier alpha value is -3.66. The first-order valence-corrected chi connectivity index (χ1v) is 11.9. The van der Waals surface area contributed by atoms with Gasteiger partial charge in [0.05, 0.1) is 18.4 Å². The van der Waals surface area contributed by atoms with E-state index in [2.05, 4.69) is 31.5 Å². The molecule has 1 aliphatic carbocycles. The third kappa shape index (κ3) is 5.54. The van der Waals surface area contributed by atoms with Gasteiger partial charge in [-0.1, -0.05) is 48.5 Å². The molecular formula is C25H25BrN4O5. The van der Waals surface area contributed by atoms with Crippen LogP contribution in [0.3, 0.4) is 0 Å². The summed E-state index contributed by atoms with van der Waals surface area (Å²) in [7, 11) is 1.83. The number of fused-ring (bicyclic) bond motifs is 3. The number of alkyl carbamates (subject to hydrolysis) is 1. The summed E-state index contributed by atoms with van der Waals surface area (Å²) in [5, 5.41) is 14.3. The van der Waals surface area contributed by atoms with E-state index in [0.717, 1.165) is 32.6 Å².